The molecule has 184 valence electrons. The summed E-state index contributed by atoms with van der Waals surface area (Å²) in [7, 11) is -2.24. The van der Waals surface area contributed by atoms with Crippen LogP contribution in [0.4, 0.5) is 0 Å². The summed E-state index contributed by atoms with van der Waals surface area (Å²) in [6.45, 7) is 14.0. The van der Waals surface area contributed by atoms with Crippen LogP contribution in [0.5, 0.6) is 0 Å². The van der Waals surface area contributed by atoms with Gasteiger partial charge < -0.3 is 0 Å². The molecule has 2 aliphatic heterocycles. The van der Waals surface area contributed by atoms with Crippen molar-refractivity contribution in [3.63, 3.8) is 0 Å². The lowest BCUT2D eigenvalue weighted by Crippen LogP contribution is -2.38. The Hall–Kier alpha value is -1.52. The molecule has 0 radical (unpaired) electrons. The predicted octanol–water partition coefficient (Wildman–Crippen LogP) is 9.39. The summed E-state index contributed by atoms with van der Waals surface area (Å²) in [5.74, 6) is 0.708. The van der Waals surface area contributed by atoms with Crippen molar-refractivity contribution in [2.75, 3.05) is 6.54 Å². The van der Waals surface area contributed by atoms with Gasteiger partial charge in [-0.3, -0.25) is 0 Å². The molecule has 0 bridgehead atoms. The number of rotatable bonds is 7. The molecule has 3 aromatic rings. The summed E-state index contributed by atoms with van der Waals surface area (Å²) >= 11 is 0. The summed E-state index contributed by atoms with van der Waals surface area (Å²) in [5.41, 5.74) is 6.39. The van der Waals surface area contributed by atoms with Crippen LogP contribution in [-0.2, 0) is 6.42 Å². The maximum Gasteiger partial charge on any atom is 0.0845 e. The van der Waals surface area contributed by atoms with Crippen LogP contribution < -0.4 is 5.30 Å². The van der Waals surface area contributed by atoms with Crippen molar-refractivity contribution in [1.82, 2.24) is 4.44 Å². The third kappa shape index (κ3) is 4.66. The van der Waals surface area contributed by atoms with Crippen LogP contribution in [0, 0.1) is 12.6 Å². The minimum absolute atomic E-state index is 0.437. The summed E-state index contributed by atoms with van der Waals surface area (Å²) in [6.07, 6.45) is 6.20. The van der Waals surface area contributed by atoms with E-state index >= 15 is 0 Å². The molecule has 0 amide bonds. The molecule has 1 nitrogen and oxygen atoms in total. The van der Waals surface area contributed by atoms with Crippen LogP contribution in [-0.4, -0.2) is 16.6 Å². The second-order valence-corrected chi connectivity index (χ2v) is 16.9. The average molecular weight is 502 g/mol. The van der Waals surface area contributed by atoms with Crippen LogP contribution in [0.1, 0.15) is 74.5 Å². The van der Waals surface area contributed by atoms with Crippen molar-refractivity contribution in [1.29, 1.82) is 0 Å². The average Bonchev–Trinajstić information content (AvgIpc) is 3.25. The van der Waals surface area contributed by atoms with Gasteiger partial charge in [0.15, 0.2) is 0 Å². The quantitative estimate of drug-likeness (QED) is 0.230. The Bertz CT molecular complexity index is 1050. The molecule has 3 heteroatoms. The topological polar surface area (TPSA) is 3.24 Å². The van der Waals surface area contributed by atoms with Crippen molar-refractivity contribution in [3.8, 4) is 0 Å². The second-order valence-electron chi connectivity index (χ2n) is 10.7. The van der Waals surface area contributed by atoms with Gasteiger partial charge in [0.2, 0.25) is 0 Å². The molecule has 5 rings (SSSR count). The zero-order valence-corrected chi connectivity index (χ0v) is 23.5. The van der Waals surface area contributed by atoms with Crippen LogP contribution >= 0.6 is 15.5 Å². The molecular formula is C32H41NP2. The van der Waals surface area contributed by atoms with E-state index in [9.17, 15) is 0 Å². The molecule has 5 atom stereocenters. The van der Waals surface area contributed by atoms with Crippen LogP contribution in [0.3, 0.4) is 0 Å². The van der Waals surface area contributed by atoms with Crippen molar-refractivity contribution in [2.24, 2.45) is 5.92 Å². The van der Waals surface area contributed by atoms with E-state index in [1.807, 2.05) is 0 Å². The molecule has 0 N–H and O–H groups in total. The Morgan fingerprint density at radius 2 is 1.37 bits per heavy atom. The first-order chi connectivity index (χ1) is 17.1. The second kappa shape index (κ2) is 10.8. The summed E-state index contributed by atoms with van der Waals surface area (Å²) in [4.78, 5) is 0. The van der Waals surface area contributed by atoms with Crippen molar-refractivity contribution < 1.29 is 0 Å². The summed E-state index contributed by atoms with van der Waals surface area (Å²) in [6, 6.07) is 32.2. The van der Waals surface area contributed by atoms with Gasteiger partial charge in [-0.15, -0.1) is 0 Å². The van der Waals surface area contributed by atoms with Gasteiger partial charge in [-0.25, -0.2) is 0 Å². The number of fused-ring (bicyclic) bond motifs is 1. The Balaban J connectivity index is 1.69. The van der Waals surface area contributed by atoms with Crippen molar-refractivity contribution in [3.05, 3.63) is 108 Å². The van der Waals surface area contributed by atoms with Gasteiger partial charge in [0.1, 0.15) is 0 Å². The molecule has 1 saturated heterocycles. The lowest BCUT2D eigenvalue weighted by atomic mass is 9.98. The standard InChI is InChI=1S/C32H41NP2/c1-5-6-23-33(34-26(3)25(2)24-29-19-13-14-20-30(29)34)35(4)31(27-15-9-7-10-16-27)21-22-32(35)28-17-11-8-12-18-28/h7-20,25-26,31-32H,4-6,21-24H2,1-3H3/t25?,26-,31-,32-,34?/m0/s1. The molecule has 0 saturated carbocycles. The monoisotopic (exact) mass is 501 g/mol. The zero-order valence-electron chi connectivity index (χ0n) is 21.7. The number of benzene rings is 3. The number of hydrogen-bond acceptors (Lipinski definition) is 1. The Kier molecular flexibility index (Phi) is 7.79. The van der Waals surface area contributed by atoms with Crippen molar-refractivity contribution >= 4 is 20.8 Å². The van der Waals surface area contributed by atoms with Gasteiger partial charge in [-0.1, -0.05) is 112 Å². The van der Waals surface area contributed by atoms with E-state index < -0.39 is 15.5 Å². The maximum atomic E-state index is 5.40. The number of unbranched alkanes of at least 4 members (excludes halogenated alkanes) is 1. The first-order valence-electron chi connectivity index (χ1n) is 13.5. The Labute approximate surface area is 215 Å². The first kappa shape index (κ1) is 25.1. The summed E-state index contributed by atoms with van der Waals surface area (Å²) in [5, 5.41) is 1.64. The molecule has 0 aromatic heterocycles. The Morgan fingerprint density at radius 3 is 1.94 bits per heavy atom. The fourth-order valence-electron chi connectivity index (χ4n) is 6.49. The van der Waals surface area contributed by atoms with Crippen molar-refractivity contribution in [2.45, 2.75) is 69.9 Å². The van der Waals surface area contributed by atoms with Crippen LogP contribution in [0.2, 0.25) is 0 Å². The molecule has 35 heavy (non-hydrogen) atoms. The molecular weight excluding hydrogens is 460 g/mol. The molecule has 3 aromatic carbocycles. The highest BCUT2D eigenvalue weighted by molar-refractivity contribution is 7.85. The fourth-order valence-corrected chi connectivity index (χ4v) is 16.4. The highest BCUT2D eigenvalue weighted by Crippen LogP contribution is 2.89. The predicted molar refractivity (Wildman–Crippen MR) is 157 cm³/mol. The lowest BCUT2D eigenvalue weighted by molar-refractivity contribution is 0.537. The normalized spacial score (nSPS) is 27.6. The maximum absolute atomic E-state index is 5.40. The molecule has 0 aliphatic carbocycles. The van der Waals surface area contributed by atoms with Gasteiger partial charge >= 0.3 is 0 Å². The SMILES string of the molecule is [CH2-][P+]1(N(CCCC)P2c3ccccc3CC(C)[C@@H]2C)[C@H](c2ccccc2)CC[C@H]1c1ccccc1. The van der Waals surface area contributed by atoms with E-state index in [1.165, 1.54) is 49.8 Å². The molecule has 2 aliphatic rings. The number of hydrogen-bond donors (Lipinski definition) is 0. The first-order valence-corrected chi connectivity index (χ1v) is 17.0. The molecule has 2 heterocycles. The van der Waals surface area contributed by atoms with E-state index in [0.29, 0.717) is 22.9 Å². The van der Waals surface area contributed by atoms with Gasteiger partial charge in [0, 0.05) is 14.6 Å². The highest BCUT2D eigenvalue weighted by Gasteiger charge is 2.56. The third-order valence-corrected chi connectivity index (χ3v) is 17.4. The zero-order chi connectivity index (χ0) is 24.4. The minimum atomic E-state index is -1.80. The number of nitrogens with zero attached hydrogens (tertiary/aromatic N) is 1. The van der Waals surface area contributed by atoms with E-state index in [1.54, 1.807) is 10.9 Å². The van der Waals surface area contributed by atoms with E-state index in [0.717, 1.165) is 0 Å². The third-order valence-electron chi connectivity index (χ3n) is 8.54. The Morgan fingerprint density at radius 1 is 0.829 bits per heavy atom. The van der Waals surface area contributed by atoms with E-state index in [-0.39, 0.29) is 0 Å². The highest BCUT2D eigenvalue weighted by atomic mass is 31.2. The summed E-state index contributed by atoms with van der Waals surface area (Å²) < 4.78 is 3.08. The van der Waals surface area contributed by atoms with Gasteiger partial charge in [0.25, 0.3) is 0 Å². The largest absolute Gasteiger partial charge is 0.184 e. The van der Waals surface area contributed by atoms with Gasteiger partial charge in [-0.05, 0) is 66.7 Å². The van der Waals surface area contributed by atoms with Crippen LogP contribution in [0.25, 0.3) is 0 Å². The lowest BCUT2D eigenvalue weighted by Gasteiger charge is -2.52. The molecule has 0 spiro atoms. The smallest absolute Gasteiger partial charge is 0.0845 e. The van der Waals surface area contributed by atoms with E-state index in [4.69, 9.17) is 6.66 Å². The van der Waals surface area contributed by atoms with E-state index in [2.05, 4.69) is 110 Å². The molecule has 2 unspecified atom stereocenters. The fraction of sp³-hybridized carbons (Fsp3) is 0.406. The van der Waals surface area contributed by atoms with Gasteiger partial charge in [0.05, 0.1) is 11.3 Å². The van der Waals surface area contributed by atoms with Crippen LogP contribution in [0.15, 0.2) is 84.9 Å². The molecule has 1 fully saturated rings. The van der Waals surface area contributed by atoms with Gasteiger partial charge in [-0.2, -0.15) is 11.1 Å². The minimum Gasteiger partial charge on any atom is -0.184 e.